The first-order valence-electron chi connectivity index (χ1n) is 7.00. The minimum absolute atomic E-state index is 0.230. The van der Waals surface area contributed by atoms with E-state index in [4.69, 9.17) is 17.0 Å². The van der Waals surface area contributed by atoms with Crippen LogP contribution in [0.5, 0.6) is 5.75 Å². The summed E-state index contributed by atoms with van der Waals surface area (Å²) in [6.07, 6.45) is 0. The first kappa shape index (κ1) is 16.0. The third kappa shape index (κ3) is 4.56. The van der Waals surface area contributed by atoms with Crippen LogP contribution in [0.2, 0.25) is 0 Å². The number of carbonyl (C=O) groups is 1. The largest absolute Gasteiger partial charge is 0.494 e. The smallest absolute Gasteiger partial charge is 0.257 e. The lowest BCUT2D eigenvalue weighted by molar-refractivity contribution is 0.0977. The van der Waals surface area contributed by atoms with Crippen LogP contribution in [0.15, 0.2) is 48.5 Å². The van der Waals surface area contributed by atoms with Gasteiger partial charge in [0.1, 0.15) is 5.75 Å². The molecule has 1 amide bonds. The quantitative estimate of drug-likeness (QED) is 0.848. The van der Waals surface area contributed by atoms with Crippen LogP contribution >= 0.6 is 12.2 Å². The number of rotatable bonds is 4. The molecule has 2 aromatic rings. The maximum Gasteiger partial charge on any atom is 0.257 e. The molecule has 2 aromatic carbocycles. The molecular weight excluding hydrogens is 296 g/mol. The van der Waals surface area contributed by atoms with Crippen molar-refractivity contribution in [2.24, 2.45) is 0 Å². The predicted molar refractivity (Wildman–Crippen MR) is 92.5 cm³/mol. The molecule has 0 aliphatic rings. The van der Waals surface area contributed by atoms with Gasteiger partial charge in [-0.15, -0.1) is 0 Å². The minimum Gasteiger partial charge on any atom is -0.494 e. The maximum absolute atomic E-state index is 12.1. The summed E-state index contributed by atoms with van der Waals surface area (Å²) in [7, 11) is 0. The molecule has 0 bridgehead atoms. The van der Waals surface area contributed by atoms with Crippen LogP contribution in [0.3, 0.4) is 0 Å². The second-order valence-electron chi connectivity index (χ2n) is 4.74. The van der Waals surface area contributed by atoms with E-state index in [2.05, 4.69) is 10.6 Å². The van der Waals surface area contributed by atoms with Gasteiger partial charge in [-0.25, -0.2) is 0 Å². The van der Waals surface area contributed by atoms with Crippen LogP contribution in [-0.4, -0.2) is 17.6 Å². The van der Waals surface area contributed by atoms with Gasteiger partial charge in [-0.3, -0.25) is 10.1 Å². The van der Waals surface area contributed by atoms with Gasteiger partial charge < -0.3 is 10.1 Å². The van der Waals surface area contributed by atoms with Crippen LogP contribution in [0.25, 0.3) is 0 Å². The molecule has 2 rings (SSSR count). The van der Waals surface area contributed by atoms with Crippen LogP contribution in [0.1, 0.15) is 22.8 Å². The van der Waals surface area contributed by atoms with E-state index in [0.29, 0.717) is 12.2 Å². The predicted octanol–water partition coefficient (Wildman–Crippen LogP) is 3.52. The second kappa shape index (κ2) is 7.56. The Kier molecular flexibility index (Phi) is 5.49. The fraction of sp³-hybridized carbons (Fsp3) is 0.176. The second-order valence-corrected chi connectivity index (χ2v) is 5.14. The SMILES string of the molecule is CCOc1ccc(NC(=S)NC(=O)c2cccc(C)c2)cc1. The topological polar surface area (TPSA) is 50.4 Å². The van der Waals surface area contributed by atoms with Gasteiger partial charge in [-0.1, -0.05) is 17.7 Å². The van der Waals surface area contributed by atoms with Crippen molar-refractivity contribution >= 4 is 28.9 Å². The number of carbonyl (C=O) groups excluding carboxylic acids is 1. The Hall–Kier alpha value is -2.40. The number of amides is 1. The molecule has 0 saturated heterocycles. The average Bonchev–Trinajstić information content (AvgIpc) is 2.49. The number of thiocarbonyl (C=S) groups is 1. The van der Waals surface area contributed by atoms with Gasteiger partial charge in [0.2, 0.25) is 0 Å². The first-order chi connectivity index (χ1) is 10.6. The van der Waals surface area contributed by atoms with Crippen molar-refractivity contribution in [3.8, 4) is 5.75 Å². The molecule has 114 valence electrons. The van der Waals surface area contributed by atoms with Crippen LogP contribution < -0.4 is 15.4 Å². The third-order valence-corrected chi connectivity index (χ3v) is 3.13. The maximum atomic E-state index is 12.1. The van der Waals surface area contributed by atoms with Crippen molar-refractivity contribution in [2.75, 3.05) is 11.9 Å². The van der Waals surface area contributed by atoms with Crippen molar-refractivity contribution in [1.82, 2.24) is 5.32 Å². The van der Waals surface area contributed by atoms with Gasteiger partial charge in [0.15, 0.2) is 5.11 Å². The highest BCUT2D eigenvalue weighted by Gasteiger charge is 2.08. The fourth-order valence-corrected chi connectivity index (χ4v) is 2.14. The fourth-order valence-electron chi connectivity index (χ4n) is 1.93. The van der Waals surface area contributed by atoms with Gasteiger partial charge in [0, 0.05) is 11.3 Å². The number of hydrogen-bond donors (Lipinski definition) is 2. The lowest BCUT2D eigenvalue weighted by Crippen LogP contribution is -2.34. The summed E-state index contributed by atoms with van der Waals surface area (Å²) in [6.45, 7) is 4.49. The van der Waals surface area contributed by atoms with Crippen LogP contribution in [0.4, 0.5) is 5.69 Å². The van der Waals surface area contributed by atoms with E-state index in [1.807, 2.05) is 56.3 Å². The molecule has 5 heteroatoms. The molecule has 0 aliphatic heterocycles. The van der Waals surface area contributed by atoms with E-state index in [0.717, 1.165) is 17.0 Å². The molecule has 0 spiro atoms. The molecule has 0 fully saturated rings. The molecule has 0 aliphatic carbocycles. The van der Waals surface area contributed by atoms with Crippen molar-refractivity contribution in [3.63, 3.8) is 0 Å². The van der Waals surface area contributed by atoms with E-state index < -0.39 is 0 Å². The summed E-state index contributed by atoms with van der Waals surface area (Å²) in [5.41, 5.74) is 2.40. The van der Waals surface area contributed by atoms with E-state index >= 15 is 0 Å². The van der Waals surface area contributed by atoms with E-state index in [1.165, 1.54) is 0 Å². The Morgan fingerprint density at radius 1 is 1.18 bits per heavy atom. The number of anilines is 1. The molecule has 0 saturated carbocycles. The van der Waals surface area contributed by atoms with Crippen LogP contribution in [0, 0.1) is 6.92 Å². The summed E-state index contributed by atoms with van der Waals surface area (Å²) in [5, 5.41) is 5.89. The zero-order valence-electron chi connectivity index (χ0n) is 12.6. The van der Waals surface area contributed by atoms with Crippen molar-refractivity contribution in [2.45, 2.75) is 13.8 Å². The van der Waals surface area contributed by atoms with Crippen LogP contribution in [-0.2, 0) is 0 Å². The van der Waals surface area contributed by atoms with Gasteiger partial charge in [-0.05, 0) is 62.5 Å². The molecule has 0 heterocycles. The Morgan fingerprint density at radius 2 is 1.91 bits per heavy atom. The van der Waals surface area contributed by atoms with Crippen molar-refractivity contribution in [3.05, 3.63) is 59.7 Å². The minimum atomic E-state index is -0.230. The number of ether oxygens (including phenoxy) is 1. The normalized spacial score (nSPS) is 9.91. The zero-order valence-corrected chi connectivity index (χ0v) is 13.4. The number of hydrogen-bond acceptors (Lipinski definition) is 3. The van der Waals surface area contributed by atoms with Crippen molar-refractivity contribution < 1.29 is 9.53 Å². The molecule has 4 nitrogen and oxygen atoms in total. The highest BCUT2D eigenvalue weighted by Crippen LogP contribution is 2.15. The highest BCUT2D eigenvalue weighted by molar-refractivity contribution is 7.80. The van der Waals surface area contributed by atoms with E-state index in [1.54, 1.807) is 6.07 Å². The number of nitrogens with one attached hydrogen (secondary N) is 2. The number of aryl methyl sites for hydroxylation is 1. The van der Waals surface area contributed by atoms with E-state index in [-0.39, 0.29) is 11.0 Å². The molecule has 2 N–H and O–H groups in total. The van der Waals surface area contributed by atoms with Gasteiger partial charge in [0.25, 0.3) is 5.91 Å². The standard InChI is InChI=1S/C17H18N2O2S/c1-3-21-15-9-7-14(8-10-15)18-17(22)19-16(20)13-6-4-5-12(2)11-13/h4-11H,3H2,1-2H3,(H2,18,19,20,22). The Bertz CT molecular complexity index is 669. The average molecular weight is 314 g/mol. The third-order valence-electron chi connectivity index (χ3n) is 2.93. The summed E-state index contributed by atoms with van der Waals surface area (Å²) < 4.78 is 5.37. The highest BCUT2D eigenvalue weighted by atomic mass is 32.1. The van der Waals surface area contributed by atoms with Crippen molar-refractivity contribution in [1.29, 1.82) is 0 Å². The van der Waals surface area contributed by atoms with Gasteiger partial charge >= 0.3 is 0 Å². The lowest BCUT2D eigenvalue weighted by Gasteiger charge is -2.10. The van der Waals surface area contributed by atoms with E-state index in [9.17, 15) is 4.79 Å². The zero-order chi connectivity index (χ0) is 15.9. The number of benzene rings is 2. The lowest BCUT2D eigenvalue weighted by atomic mass is 10.1. The summed E-state index contributed by atoms with van der Waals surface area (Å²) in [6, 6.07) is 14.7. The molecule has 0 atom stereocenters. The summed E-state index contributed by atoms with van der Waals surface area (Å²) >= 11 is 5.15. The Labute approximate surface area is 135 Å². The molecule has 0 unspecified atom stereocenters. The molecule has 0 aromatic heterocycles. The molecular formula is C17H18N2O2S. The monoisotopic (exact) mass is 314 g/mol. The first-order valence-corrected chi connectivity index (χ1v) is 7.41. The van der Waals surface area contributed by atoms with Gasteiger partial charge in [0.05, 0.1) is 6.61 Å². The van der Waals surface area contributed by atoms with Gasteiger partial charge in [-0.2, -0.15) is 0 Å². The Balaban J connectivity index is 1.93. The Morgan fingerprint density at radius 3 is 2.55 bits per heavy atom. The molecule has 0 radical (unpaired) electrons. The summed E-state index contributed by atoms with van der Waals surface area (Å²) in [5.74, 6) is 0.565. The summed E-state index contributed by atoms with van der Waals surface area (Å²) in [4.78, 5) is 12.1. The molecule has 22 heavy (non-hydrogen) atoms.